The highest BCUT2D eigenvalue weighted by atomic mass is 16.5. The number of hydrogen-bond donors (Lipinski definition) is 0. The summed E-state index contributed by atoms with van der Waals surface area (Å²) in [6, 6.07) is 22.8. The van der Waals surface area contributed by atoms with Gasteiger partial charge in [-0.2, -0.15) is 5.26 Å². The Labute approximate surface area is 156 Å². The fourth-order valence-corrected chi connectivity index (χ4v) is 3.82. The van der Waals surface area contributed by atoms with Crippen molar-refractivity contribution < 1.29 is 4.74 Å². The van der Waals surface area contributed by atoms with Gasteiger partial charge in [-0.1, -0.05) is 55.0 Å². The molecule has 1 fully saturated rings. The molecule has 3 rings (SSSR count). The van der Waals surface area contributed by atoms with E-state index in [2.05, 4.69) is 41.3 Å². The van der Waals surface area contributed by atoms with Gasteiger partial charge in [0.2, 0.25) is 0 Å². The Morgan fingerprint density at radius 3 is 2.50 bits per heavy atom. The van der Waals surface area contributed by atoms with E-state index in [4.69, 9.17) is 4.74 Å². The smallest absolute Gasteiger partial charge is 0.120 e. The van der Waals surface area contributed by atoms with E-state index < -0.39 is 0 Å². The molecule has 0 spiro atoms. The van der Waals surface area contributed by atoms with Gasteiger partial charge in [0.05, 0.1) is 12.3 Å². The van der Waals surface area contributed by atoms with E-state index in [1.54, 1.807) is 0 Å². The van der Waals surface area contributed by atoms with Crippen molar-refractivity contribution in [1.82, 2.24) is 0 Å². The van der Waals surface area contributed by atoms with Gasteiger partial charge in [0.15, 0.2) is 0 Å². The molecular formula is C23H26N2O. The number of benzene rings is 2. The largest absolute Gasteiger partial charge is 0.497 e. The Kier molecular flexibility index (Phi) is 6.33. The zero-order chi connectivity index (χ0) is 18.2. The summed E-state index contributed by atoms with van der Waals surface area (Å²) < 4.78 is 5.71. The van der Waals surface area contributed by atoms with E-state index in [1.807, 2.05) is 49.7 Å². The molecule has 3 nitrogen and oxygen atoms in total. The molecule has 3 heteroatoms. The minimum absolute atomic E-state index is 0.122. The van der Waals surface area contributed by atoms with Crippen molar-refractivity contribution in [3.8, 4) is 6.07 Å². The van der Waals surface area contributed by atoms with E-state index in [1.165, 1.54) is 12.0 Å². The van der Waals surface area contributed by atoms with Crippen molar-refractivity contribution in [3.63, 3.8) is 0 Å². The number of rotatable bonds is 7. The lowest BCUT2D eigenvalue weighted by atomic mass is 9.88. The first-order chi connectivity index (χ1) is 12.8. The first-order valence-corrected chi connectivity index (χ1v) is 9.29. The second-order valence-corrected chi connectivity index (χ2v) is 6.90. The molecule has 2 aromatic carbocycles. The summed E-state index contributed by atoms with van der Waals surface area (Å²) in [5.74, 6) is 0.725. The summed E-state index contributed by atoms with van der Waals surface area (Å²) in [4.78, 5) is 2.11. The zero-order valence-corrected chi connectivity index (χ0v) is 15.3. The highest BCUT2D eigenvalue weighted by Crippen LogP contribution is 2.37. The lowest BCUT2D eigenvalue weighted by Crippen LogP contribution is -2.38. The first kappa shape index (κ1) is 18.1. The lowest BCUT2D eigenvalue weighted by Gasteiger charge is -2.31. The Morgan fingerprint density at radius 1 is 1.12 bits per heavy atom. The second kappa shape index (κ2) is 9.10. The predicted octanol–water partition coefficient (Wildman–Crippen LogP) is 5.16. The molecule has 0 saturated heterocycles. The lowest BCUT2D eigenvalue weighted by molar-refractivity contribution is 0.232. The van der Waals surface area contributed by atoms with Crippen LogP contribution < -0.4 is 4.90 Å². The Balaban J connectivity index is 1.61. The molecule has 1 aliphatic carbocycles. The van der Waals surface area contributed by atoms with Gasteiger partial charge in [0.25, 0.3) is 0 Å². The standard InChI is InChI=1S/C23H26N2O/c1-25(21-12-6-3-7-13-21)23(17-24)22-14-8-11-20(22)15-16-26-18-19-9-4-2-5-10-19/h2-7,9-10,12-13,15-16,20,22-23H,8,11,14,18H2,1H3/b16-15-/t20-,22+,23-/m0/s1. The van der Waals surface area contributed by atoms with E-state index in [0.29, 0.717) is 18.4 Å². The summed E-state index contributed by atoms with van der Waals surface area (Å²) in [5, 5.41) is 9.81. The fourth-order valence-electron chi connectivity index (χ4n) is 3.82. The van der Waals surface area contributed by atoms with Crippen LogP contribution in [-0.2, 0) is 11.3 Å². The molecule has 134 valence electrons. The highest BCUT2D eigenvalue weighted by Gasteiger charge is 2.34. The SMILES string of the molecule is CN(c1ccccc1)[C@@H](C#N)[C@@H]1CCC[C@H]1/C=C\OCc1ccccc1. The highest BCUT2D eigenvalue weighted by molar-refractivity contribution is 5.48. The molecule has 0 radical (unpaired) electrons. The van der Waals surface area contributed by atoms with Crippen LogP contribution in [0.2, 0.25) is 0 Å². The minimum Gasteiger partial charge on any atom is -0.497 e. The fraction of sp³-hybridized carbons (Fsp3) is 0.348. The van der Waals surface area contributed by atoms with Crippen molar-refractivity contribution in [2.45, 2.75) is 31.9 Å². The van der Waals surface area contributed by atoms with Crippen LogP contribution in [0.25, 0.3) is 0 Å². The third-order valence-electron chi connectivity index (χ3n) is 5.26. The van der Waals surface area contributed by atoms with Gasteiger partial charge in [-0.25, -0.2) is 0 Å². The van der Waals surface area contributed by atoms with E-state index >= 15 is 0 Å². The van der Waals surface area contributed by atoms with Crippen LogP contribution in [0.1, 0.15) is 24.8 Å². The quantitative estimate of drug-likeness (QED) is 0.650. The maximum atomic E-state index is 9.81. The van der Waals surface area contributed by atoms with Gasteiger partial charge >= 0.3 is 0 Å². The molecule has 0 aromatic heterocycles. The average Bonchev–Trinajstić information content (AvgIpc) is 3.15. The van der Waals surface area contributed by atoms with Crippen LogP contribution in [-0.4, -0.2) is 13.1 Å². The molecule has 26 heavy (non-hydrogen) atoms. The van der Waals surface area contributed by atoms with Gasteiger partial charge in [0.1, 0.15) is 12.6 Å². The van der Waals surface area contributed by atoms with Crippen molar-refractivity contribution in [3.05, 3.63) is 78.6 Å². The number of para-hydroxylation sites is 1. The van der Waals surface area contributed by atoms with Crippen molar-refractivity contribution in [2.75, 3.05) is 11.9 Å². The van der Waals surface area contributed by atoms with Gasteiger partial charge in [-0.05, 0) is 48.4 Å². The van der Waals surface area contributed by atoms with Crippen molar-refractivity contribution in [1.29, 1.82) is 5.26 Å². The Bertz CT molecular complexity index is 736. The zero-order valence-electron chi connectivity index (χ0n) is 15.3. The molecule has 1 aliphatic rings. The molecule has 0 unspecified atom stereocenters. The van der Waals surface area contributed by atoms with Gasteiger partial charge in [-0.3, -0.25) is 0 Å². The molecule has 3 atom stereocenters. The summed E-state index contributed by atoms with van der Waals surface area (Å²) in [6.45, 7) is 0.584. The topological polar surface area (TPSA) is 36.3 Å². The predicted molar refractivity (Wildman–Crippen MR) is 105 cm³/mol. The maximum Gasteiger partial charge on any atom is 0.120 e. The number of allylic oxidation sites excluding steroid dienone is 1. The van der Waals surface area contributed by atoms with Crippen LogP contribution in [0.4, 0.5) is 5.69 Å². The van der Waals surface area contributed by atoms with Gasteiger partial charge < -0.3 is 9.64 Å². The number of ether oxygens (including phenoxy) is 1. The number of nitriles is 1. The third kappa shape index (κ3) is 4.46. The average molecular weight is 346 g/mol. The maximum absolute atomic E-state index is 9.81. The molecule has 0 heterocycles. The molecular weight excluding hydrogens is 320 g/mol. The third-order valence-corrected chi connectivity index (χ3v) is 5.26. The summed E-state index contributed by atoms with van der Waals surface area (Å²) in [7, 11) is 2.02. The minimum atomic E-state index is -0.122. The number of nitrogens with zero attached hydrogens (tertiary/aromatic N) is 2. The van der Waals surface area contributed by atoms with Crippen molar-refractivity contribution >= 4 is 5.69 Å². The first-order valence-electron chi connectivity index (χ1n) is 9.29. The van der Waals surface area contributed by atoms with Crippen LogP contribution in [0.3, 0.4) is 0 Å². The van der Waals surface area contributed by atoms with E-state index in [-0.39, 0.29) is 6.04 Å². The second-order valence-electron chi connectivity index (χ2n) is 6.90. The number of hydrogen-bond acceptors (Lipinski definition) is 3. The molecule has 2 aromatic rings. The van der Waals surface area contributed by atoms with E-state index in [9.17, 15) is 5.26 Å². The molecule has 1 saturated carbocycles. The van der Waals surface area contributed by atoms with Crippen molar-refractivity contribution in [2.24, 2.45) is 11.8 Å². The molecule has 0 N–H and O–H groups in total. The molecule has 0 bridgehead atoms. The van der Waals surface area contributed by atoms with Crippen LogP contribution in [0, 0.1) is 23.2 Å². The van der Waals surface area contributed by atoms with Crippen LogP contribution in [0.15, 0.2) is 73.0 Å². The normalized spacial score (nSPS) is 20.6. The van der Waals surface area contributed by atoms with Gasteiger partial charge in [-0.15, -0.1) is 0 Å². The summed E-state index contributed by atoms with van der Waals surface area (Å²) >= 11 is 0. The Hall–Kier alpha value is -2.73. The van der Waals surface area contributed by atoms with E-state index in [0.717, 1.165) is 18.5 Å². The van der Waals surface area contributed by atoms with Gasteiger partial charge in [0, 0.05) is 12.7 Å². The molecule has 0 amide bonds. The van der Waals surface area contributed by atoms with Crippen LogP contribution in [0.5, 0.6) is 0 Å². The summed E-state index contributed by atoms with van der Waals surface area (Å²) in [5.41, 5.74) is 2.26. The number of anilines is 1. The summed E-state index contributed by atoms with van der Waals surface area (Å²) in [6.07, 6.45) is 7.36. The van der Waals surface area contributed by atoms with Crippen LogP contribution >= 0.6 is 0 Å². The Morgan fingerprint density at radius 2 is 1.81 bits per heavy atom. The monoisotopic (exact) mass is 346 g/mol. The molecule has 0 aliphatic heterocycles.